The van der Waals surface area contributed by atoms with Crippen LogP contribution in [0.25, 0.3) is 16.3 Å². The van der Waals surface area contributed by atoms with Gasteiger partial charge in [0.05, 0.1) is 17.0 Å². The maximum atomic E-state index is 5.99. The highest BCUT2D eigenvalue weighted by Gasteiger charge is 2.11. The summed E-state index contributed by atoms with van der Waals surface area (Å²) in [5, 5.41) is 5.49. The minimum absolute atomic E-state index is 0.364. The van der Waals surface area contributed by atoms with Gasteiger partial charge in [0.15, 0.2) is 0 Å². The van der Waals surface area contributed by atoms with Crippen molar-refractivity contribution in [1.82, 2.24) is 14.8 Å². The average molecular weight is 310 g/mol. The molecule has 2 heterocycles. The first-order valence-corrected chi connectivity index (χ1v) is 7.32. The first-order valence-electron chi connectivity index (χ1n) is 5.59. The van der Waals surface area contributed by atoms with Crippen LogP contribution in [0.2, 0.25) is 5.15 Å². The minimum atomic E-state index is 0.364. The van der Waals surface area contributed by atoms with Gasteiger partial charge < -0.3 is 0 Å². The lowest BCUT2D eigenvalue weighted by Gasteiger charge is -1.95. The molecule has 0 aliphatic heterocycles. The Bertz CT molecular complexity index is 691. The third kappa shape index (κ3) is 2.52. The third-order valence-electron chi connectivity index (χ3n) is 2.65. The molecule has 0 unspecified atom stereocenters. The number of hydrogen-bond acceptors (Lipinski definition) is 3. The molecule has 3 aromatic rings. The third-order valence-corrected chi connectivity index (χ3v) is 4.54. The van der Waals surface area contributed by atoms with Crippen LogP contribution in [-0.4, -0.2) is 14.8 Å². The Balaban J connectivity index is 1.97. The summed E-state index contributed by atoms with van der Waals surface area (Å²) in [7, 11) is 0. The van der Waals surface area contributed by atoms with E-state index < -0.39 is 0 Å². The maximum absolute atomic E-state index is 5.99. The summed E-state index contributed by atoms with van der Waals surface area (Å²) in [6.45, 7) is 0. The zero-order valence-corrected chi connectivity index (χ0v) is 12.1. The van der Waals surface area contributed by atoms with E-state index in [9.17, 15) is 0 Å². The summed E-state index contributed by atoms with van der Waals surface area (Å²) in [5.74, 6) is 0.364. The summed E-state index contributed by atoms with van der Waals surface area (Å²) in [6.07, 6.45) is 3.74. The van der Waals surface area contributed by atoms with Crippen LogP contribution in [0.15, 0.2) is 42.7 Å². The van der Waals surface area contributed by atoms with E-state index >= 15 is 0 Å². The van der Waals surface area contributed by atoms with Crippen LogP contribution >= 0.6 is 34.5 Å². The molecule has 0 radical (unpaired) electrons. The number of benzene rings is 1. The van der Waals surface area contributed by atoms with Crippen molar-refractivity contribution in [3.05, 3.63) is 52.8 Å². The van der Waals surface area contributed by atoms with Crippen molar-refractivity contribution in [3.8, 4) is 16.3 Å². The fourth-order valence-corrected chi connectivity index (χ4v) is 3.12. The summed E-state index contributed by atoms with van der Waals surface area (Å²) in [6, 6.07) is 10.1. The molecular weight excluding hydrogens is 301 g/mol. The monoisotopic (exact) mass is 309 g/mol. The lowest BCUT2D eigenvalue weighted by molar-refractivity contribution is 0.869. The van der Waals surface area contributed by atoms with Crippen molar-refractivity contribution >= 4 is 34.5 Å². The van der Waals surface area contributed by atoms with Crippen molar-refractivity contribution < 1.29 is 0 Å². The lowest BCUT2D eigenvalue weighted by Crippen LogP contribution is -1.91. The van der Waals surface area contributed by atoms with E-state index in [1.807, 2.05) is 42.7 Å². The highest BCUT2D eigenvalue weighted by molar-refractivity contribution is 7.14. The molecule has 0 N–H and O–H groups in total. The van der Waals surface area contributed by atoms with Gasteiger partial charge in [-0.2, -0.15) is 5.10 Å². The van der Waals surface area contributed by atoms with Gasteiger partial charge in [-0.3, -0.25) is 0 Å². The van der Waals surface area contributed by atoms with Crippen LogP contribution in [0.5, 0.6) is 0 Å². The number of halogens is 2. The van der Waals surface area contributed by atoms with Gasteiger partial charge in [0.1, 0.15) is 5.15 Å². The molecule has 0 bridgehead atoms. The molecule has 3 rings (SSSR count). The minimum Gasteiger partial charge on any atom is -0.213 e. The number of alkyl halides is 1. The normalized spacial score (nSPS) is 10.8. The molecule has 3 nitrogen and oxygen atoms in total. The van der Waals surface area contributed by atoms with Crippen molar-refractivity contribution in [3.63, 3.8) is 0 Å². The molecule has 0 spiro atoms. The SMILES string of the molecule is ClCc1sc(-n2cc(-c3ccccc3)cn2)nc1Cl. The molecule has 0 atom stereocenters. The molecule has 0 amide bonds. The van der Waals surface area contributed by atoms with Crippen LogP contribution < -0.4 is 0 Å². The van der Waals surface area contributed by atoms with Crippen LogP contribution in [-0.2, 0) is 5.88 Å². The van der Waals surface area contributed by atoms with Crippen molar-refractivity contribution in [2.24, 2.45) is 0 Å². The second-order valence-corrected chi connectivity index (χ2v) is 5.57. The predicted octanol–water partition coefficient (Wildman–Crippen LogP) is 4.39. The zero-order valence-electron chi connectivity index (χ0n) is 9.75. The zero-order chi connectivity index (χ0) is 13.2. The van der Waals surface area contributed by atoms with Gasteiger partial charge in [0.2, 0.25) is 5.13 Å². The van der Waals surface area contributed by atoms with E-state index in [0.717, 1.165) is 21.1 Å². The van der Waals surface area contributed by atoms with Crippen LogP contribution in [0, 0.1) is 0 Å². The molecule has 0 fully saturated rings. The first-order chi connectivity index (χ1) is 9.28. The Kier molecular flexibility index (Phi) is 3.55. The molecule has 2 aromatic heterocycles. The van der Waals surface area contributed by atoms with Gasteiger partial charge >= 0.3 is 0 Å². The number of aromatic nitrogens is 3. The number of nitrogens with zero attached hydrogens (tertiary/aromatic N) is 3. The summed E-state index contributed by atoms with van der Waals surface area (Å²) in [5.41, 5.74) is 2.16. The predicted molar refractivity (Wildman–Crippen MR) is 79.2 cm³/mol. The Hall–Kier alpha value is -1.36. The van der Waals surface area contributed by atoms with Crippen LogP contribution in [0.3, 0.4) is 0 Å². The number of thiazole rings is 1. The second kappa shape index (κ2) is 5.33. The Morgan fingerprint density at radius 3 is 2.63 bits per heavy atom. The molecule has 1 aromatic carbocycles. The molecule has 19 heavy (non-hydrogen) atoms. The van der Waals surface area contributed by atoms with Gasteiger partial charge in [-0.05, 0) is 5.56 Å². The van der Waals surface area contributed by atoms with E-state index in [-0.39, 0.29) is 0 Å². The van der Waals surface area contributed by atoms with Gasteiger partial charge in [0, 0.05) is 11.8 Å². The number of rotatable bonds is 3. The summed E-state index contributed by atoms with van der Waals surface area (Å²) >= 11 is 13.2. The second-order valence-electron chi connectivity index (χ2n) is 3.88. The molecule has 96 valence electrons. The van der Waals surface area contributed by atoms with E-state index in [4.69, 9.17) is 23.2 Å². The maximum Gasteiger partial charge on any atom is 0.212 e. The highest BCUT2D eigenvalue weighted by Crippen LogP contribution is 2.28. The average Bonchev–Trinajstić information content (AvgIpc) is 3.06. The Labute approximate surface area is 124 Å². The van der Waals surface area contributed by atoms with Crippen molar-refractivity contribution in [2.45, 2.75) is 5.88 Å². The smallest absolute Gasteiger partial charge is 0.212 e. The molecule has 0 saturated carbocycles. The topological polar surface area (TPSA) is 30.7 Å². The van der Waals surface area contributed by atoms with Crippen molar-refractivity contribution in [1.29, 1.82) is 0 Å². The molecule has 0 aliphatic carbocycles. The quantitative estimate of drug-likeness (QED) is 0.672. The molecule has 0 saturated heterocycles. The largest absolute Gasteiger partial charge is 0.213 e. The van der Waals surface area contributed by atoms with Gasteiger partial charge in [-0.1, -0.05) is 53.3 Å². The van der Waals surface area contributed by atoms with Crippen LogP contribution in [0.4, 0.5) is 0 Å². The van der Waals surface area contributed by atoms with E-state index in [2.05, 4.69) is 10.1 Å². The standard InChI is InChI=1S/C13H9Cl2N3S/c14-6-11-12(15)17-13(19-11)18-8-10(7-16-18)9-4-2-1-3-5-9/h1-5,7-8H,6H2. The summed E-state index contributed by atoms with van der Waals surface area (Å²) < 4.78 is 1.72. The Morgan fingerprint density at radius 2 is 1.95 bits per heavy atom. The van der Waals surface area contributed by atoms with E-state index in [0.29, 0.717) is 11.0 Å². The van der Waals surface area contributed by atoms with Gasteiger partial charge in [-0.15, -0.1) is 11.6 Å². The van der Waals surface area contributed by atoms with E-state index in [1.54, 1.807) is 4.68 Å². The van der Waals surface area contributed by atoms with Crippen molar-refractivity contribution in [2.75, 3.05) is 0 Å². The highest BCUT2D eigenvalue weighted by atomic mass is 35.5. The fraction of sp³-hybridized carbons (Fsp3) is 0.0769. The molecular formula is C13H9Cl2N3S. The van der Waals surface area contributed by atoms with Crippen LogP contribution in [0.1, 0.15) is 4.88 Å². The van der Waals surface area contributed by atoms with Gasteiger partial charge in [-0.25, -0.2) is 9.67 Å². The molecule has 6 heteroatoms. The Morgan fingerprint density at radius 1 is 1.16 bits per heavy atom. The summed E-state index contributed by atoms with van der Waals surface area (Å²) in [4.78, 5) is 5.12. The molecule has 0 aliphatic rings. The fourth-order valence-electron chi connectivity index (χ4n) is 1.71. The first kappa shape index (κ1) is 12.7. The van der Waals surface area contributed by atoms with E-state index in [1.165, 1.54) is 11.3 Å². The van der Waals surface area contributed by atoms with Gasteiger partial charge in [0.25, 0.3) is 0 Å². The lowest BCUT2D eigenvalue weighted by atomic mass is 10.1. The number of hydrogen-bond donors (Lipinski definition) is 0.